The molecule has 32 heavy (non-hydrogen) atoms. The Balaban J connectivity index is 2.01. The lowest BCUT2D eigenvalue weighted by Gasteiger charge is -2.29. The van der Waals surface area contributed by atoms with Gasteiger partial charge in [0.25, 0.3) is 0 Å². The SMILES string of the molecule is CC(C)[C@H](NC(=O)[C@@H]1CSc2ccccc2S(=O)(=O)N1CC(=O)c1ccccc1)C(N)=O. The molecule has 0 aromatic heterocycles. The van der Waals surface area contributed by atoms with Gasteiger partial charge in [-0.05, 0) is 18.1 Å². The van der Waals surface area contributed by atoms with E-state index in [2.05, 4.69) is 5.32 Å². The van der Waals surface area contributed by atoms with E-state index >= 15 is 0 Å². The summed E-state index contributed by atoms with van der Waals surface area (Å²) < 4.78 is 28.0. The van der Waals surface area contributed by atoms with E-state index in [9.17, 15) is 22.8 Å². The van der Waals surface area contributed by atoms with Gasteiger partial charge in [-0.3, -0.25) is 14.4 Å². The lowest BCUT2D eigenvalue weighted by atomic mass is 10.0. The van der Waals surface area contributed by atoms with Crippen molar-refractivity contribution in [2.75, 3.05) is 12.3 Å². The largest absolute Gasteiger partial charge is 0.368 e. The summed E-state index contributed by atoms with van der Waals surface area (Å²) in [5, 5.41) is 2.58. The maximum Gasteiger partial charge on any atom is 0.245 e. The molecule has 3 rings (SSSR count). The van der Waals surface area contributed by atoms with Crippen molar-refractivity contribution in [1.82, 2.24) is 9.62 Å². The number of hydrogen-bond acceptors (Lipinski definition) is 6. The van der Waals surface area contributed by atoms with Crippen LogP contribution in [0.25, 0.3) is 0 Å². The van der Waals surface area contributed by atoms with Crippen LogP contribution in [0.4, 0.5) is 0 Å². The molecule has 170 valence electrons. The van der Waals surface area contributed by atoms with E-state index in [1.807, 2.05) is 0 Å². The second kappa shape index (κ2) is 9.85. The fraction of sp³-hybridized carbons (Fsp3) is 0.318. The molecule has 0 bridgehead atoms. The summed E-state index contributed by atoms with van der Waals surface area (Å²) in [6.07, 6.45) is 0. The molecule has 8 nitrogen and oxygen atoms in total. The zero-order valence-corrected chi connectivity index (χ0v) is 19.4. The third kappa shape index (κ3) is 5.03. The smallest absolute Gasteiger partial charge is 0.245 e. The second-order valence-corrected chi connectivity index (χ2v) is 10.7. The van der Waals surface area contributed by atoms with E-state index in [4.69, 9.17) is 5.73 Å². The molecule has 2 amide bonds. The summed E-state index contributed by atoms with van der Waals surface area (Å²) in [6, 6.07) is 12.5. The highest BCUT2D eigenvalue weighted by Gasteiger charge is 2.42. The van der Waals surface area contributed by atoms with Gasteiger partial charge in [-0.25, -0.2) is 8.42 Å². The van der Waals surface area contributed by atoms with Crippen molar-refractivity contribution in [3.05, 3.63) is 60.2 Å². The van der Waals surface area contributed by atoms with Gasteiger partial charge in [0.2, 0.25) is 21.8 Å². The molecule has 10 heteroatoms. The lowest BCUT2D eigenvalue weighted by molar-refractivity contribution is -0.130. The number of ketones is 1. The third-order valence-corrected chi connectivity index (χ3v) is 8.34. The first-order valence-electron chi connectivity index (χ1n) is 10.0. The predicted molar refractivity (Wildman–Crippen MR) is 122 cm³/mol. The van der Waals surface area contributed by atoms with Crippen molar-refractivity contribution in [1.29, 1.82) is 0 Å². The number of carbonyl (C=O) groups excluding carboxylic acids is 3. The van der Waals surface area contributed by atoms with Gasteiger partial charge in [0.1, 0.15) is 12.1 Å². The number of amides is 2. The Morgan fingerprint density at radius 3 is 2.34 bits per heavy atom. The third-order valence-electron chi connectivity index (χ3n) is 5.15. The van der Waals surface area contributed by atoms with Gasteiger partial charge in [0.15, 0.2) is 5.78 Å². The highest BCUT2D eigenvalue weighted by molar-refractivity contribution is 8.00. The number of carbonyl (C=O) groups is 3. The van der Waals surface area contributed by atoms with Gasteiger partial charge in [-0.1, -0.05) is 56.3 Å². The number of benzene rings is 2. The zero-order valence-electron chi connectivity index (χ0n) is 17.7. The second-order valence-electron chi connectivity index (χ2n) is 7.75. The monoisotopic (exact) mass is 475 g/mol. The minimum Gasteiger partial charge on any atom is -0.368 e. The molecule has 1 aliphatic rings. The van der Waals surface area contributed by atoms with Crippen molar-refractivity contribution in [3.63, 3.8) is 0 Å². The Labute approximate surface area is 191 Å². The molecule has 2 aromatic rings. The van der Waals surface area contributed by atoms with Crippen LogP contribution in [0.2, 0.25) is 0 Å². The Morgan fingerprint density at radius 2 is 1.72 bits per heavy atom. The Bertz CT molecular complexity index is 1120. The summed E-state index contributed by atoms with van der Waals surface area (Å²) in [4.78, 5) is 38.4. The van der Waals surface area contributed by atoms with E-state index in [0.29, 0.717) is 10.5 Å². The van der Waals surface area contributed by atoms with Gasteiger partial charge in [0, 0.05) is 16.2 Å². The number of nitrogens with two attached hydrogens (primary N) is 1. The van der Waals surface area contributed by atoms with Crippen LogP contribution in [-0.2, 0) is 19.6 Å². The number of hydrogen-bond donors (Lipinski definition) is 2. The fourth-order valence-electron chi connectivity index (χ4n) is 3.40. The number of sulfonamides is 1. The minimum absolute atomic E-state index is 0.0384. The maximum absolute atomic E-state index is 13.5. The molecule has 2 atom stereocenters. The highest BCUT2D eigenvalue weighted by Crippen LogP contribution is 2.35. The average molecular weight is 476 g/mol. The standard InChI is InChI=1S/C22H25N3O5S2/c1-14(2)20(21(23)27)24-22(28)16-13-31-18-10-6-7-11-19(18)32(29,30)25(16)12-17(26)15-8-4-3-5-9-15/h3-11,14,16,20H,12-13H2,1-2H3,(H2,23,27)(H,24,28)/t16-,20-/m0/s1. The van der Waals surface area contributed by atoms with Gasteiger partial charge >= 0.3 is 0 Å². The van der Waals surface area contributed by atoms with Crippen LogP contribution >= 0.6 is 11.8 Å². The molecule has 0 fully saturated rings. The summed E-state index contributed by atoms with van der Waals surface area (Å²) in [5.41, 5.74) is 5.75. The molecule has 0 spiro atoms. The molecule has 2 aromatic carbocycles. The molecular weight excluding hydrogens is 450 g/mol. The highest BCUT2D eigenvalue weighted by atomic mass is 32.2. The van der Waals surface area contributed by atoms with Crippen molar-refractivity contribution >= 4 is 39.4 Å². The Hall–Kier alpha value is -2.69. The number of rotatable bonds is 7. The molecule has 0 aliphatic carbocycles. The van der Waals surface area contributed by atoms with E-state index in [0.717, 1.165) is 4.31 Å². The number of nitrogens with zero attached hydrogens (tertiary/aromatic N) is 1. The molecule has 0 radical (unpaired) electrons. The average Bonchev–Trinajstić information content (AvgIpc) is 2.87. The Morgan fingerprint density at radius 1 is 1.09 bits per heavy atom. The van der Waals surface area contributed by atoms with Gasteiger partial charge in [-0.15, -0.1) is 11.8 Å². The molecule has 0 saturated carbocycles. The van der Waals surface area contributed by atoms with Crippen LogP contribution in [0.1, 0.15) is 24.2 Å². The van der Waals surface area contributed by atoms with Gasteiger partial charge in [0.05, 0.1) is 11.4 Å². The van der Waals surface area contributed by atoms with E-state index in [1.54, 1.807) is 62.4 Å². The number of fused-ring (bicyclic) bond motifs is 1. The first-order chi connectivity index (χ1) is 15.1. The van der Waals surface area contributed by atoms with E-state index in [-0.39, 0.29) is 16.6 Å². The van der Waals surface area contributed by atoms with Gasteiger partial charge < -0.3 is 11.1 Å². The van der Waals surface area contributed by atoms with Crippen LogP contribution in [0.15, 0.2) is 64.4 Å². The number of primary amides is 1. The number of Topliss-reactive ketones (excluding diaryl/α,β-unsaturated/α-hetero) is 1. The molecule has 1 aliphatic heterocycles. The van der Waals surface area contributed by atoms with Crippen molar-refractivity contribution in [2.24, 2.45) is 11.7 Å². The summed E-state index contributed by atoms with van der Waals surface area (Å²) in [7, 11) is -4.18. The van der Waals surface area contributed by atoms with E-state index < -0.39 is 46.2 Å². The van der Waals surface area contributed by atoms with Gasteiger partial charge in [-0.2, -0.15) is 4.31 Å². The first kappa shape index (κ1) is 24.0. The molecule has 0 saturated heterocycles. The van der Waals surface area contributed by atoms with Crippen LogP contribution < -0.4 is 11.1 Å². The van der Waals surface area contributed by atoms with Crippen LogP contribution in [0.5, 0.6) is 0 Å². The van der Waals surface area contributed by atoms with Crippen LogP contribution in [0, 0.1) is 5.92 Å². The van der Waals surface area contributed by atoms with Crippen molar-refractivity contribution < 1.29 is 22.8 Å². The maximum atomic E-state index is 13.5. The normalized spacial score (nSPS) is 18.9. The number of thioether (sulfide) groups is 1. The van der Waals surface area contributed by atoms with Crippen LogP contribution in [-0.4, -0.2) is 54.7 Å². The van der Waals surface area contributed by atoms with E-state index in [1.165, 1.54) is 17.8 Å². The topological polar surface area (TPSA) is 127 Å². The number of nitrogens with one attached hydrogen (secondary N) is 1. The van der Waals surface area contributed by atoms with Crippen molar-refractivity contribution in [3.8, 4) is 0 Å². The summed E-state index contributed by atoms with van der Waals surface area (Å²) >= 11 is 1.21. The molecule has 0 unspecified atom stereocenters. The minimum atomic E-state index is -4.18. The first-order valence-corrected chi connectivity index (χ1v) is 12.5. The molecule has 1 heterocycles. The summed E-state index contributed by atoms with van der Waals surface area (Å²) in [6.45, 7) is 2.93. The Kier molecular flexibility index (Phi) is 7.37. The fourth-order valence-corrected chi connectivity index (χ4v) is 6.66. The zero-order chi connectivity index (χ0) is 23.5. The molecular formula is C22H25N3O5S2. The lowest BCUT2D eigenvalue weighted by Crippen LogP contribution is -2.57. The predicted octanol–water partition coefficient (Wildman–Crippen LogP) is 1.66. The molecule has 3 N–H and O–H groups in total. The summed E-state index contributed by atoms with van der Waals surface area (Å²) in [5.74, 6) is -2.04. The van der Waals surface area contributed by atoms with Crippen molar-refractivity contribution in [2.45, 2.75) is 35.7 Å². The quantitative estimate of drug-likeness (QED) is 0.587. The van der Waals surface area contributed by atoms with Crippen LogP contribution in [0.3, 0.4) is 0 Å².